The van der Waals surface area contributed by atoms with Gasteiger partial charge in [-0.1, -0.05) is 11.6 Å². The Bertz CT molecular complexity index is 1250. The van der Waals surface area contributed by atoms with E-state index in [0.29, 0.717) is 17.0 Å². The molecule has 30 heavy (non-hydrogen) atoms. The van der Waals surface area contributed by atoms with E-state index in [1.54, 1.807) is 12.1 Å². The van der Waals surface area contributed by atoms with Gasteiger partial charge in [0.25, 0.3) is 5.69 Å². The number of furan rings is 1. The Morgan fingerprint density at radius 1 is 1.13 bits per heavy atom. The minimum atomic E-state index is -3.40. The number of nitro groups is 1. The Morgan fingerprint density at radius 2 is 1.83 bits per heavy atom. The third kappa shape index (κ3) is 5.34. The van der Waals surface area contributed by atoms with Crippen molar-refractivity contribution in [1.29, 1.82) is 0 Å². The topological polar surface area (TPSA) is 120 Å². The number of nitrogens with zero attached hydrogens (tertiary/aromatic N) is 1. The summed E-state index contributed by atoms with van der Waals surface area (Å²) in [5.41, 5.74) is 0.777. The van der Waals surface area contributed by atoms with E-state index in [1.165, 1.54) is 54.6 Å². The fourth-order valence-electron chi connectivity index (χ4n) is 2.62. The summed E-state index contributed by atoms with van der Waals surface area (Å²) in [5, 5.41) is 11.5. The molecule has 0 spiro atoms. The number of halogens is 1. The fraction of sp³-hybridized carbons (Fsp3) is 0.0500. The number of anilines is 1. The van der Waals surface area contributed by atoms with E-state index in [9.17, 15) is 23.3 Å². The van der Waals surface area contributed by atoms with Crippen LogP contribution in [0.5, 0.6) is 0 Å². The van der Waals surface area contributed by atoms with Gasteiger partial charge in [-0.15, -0.1) is 0 Å². The first kappa shape index (κ1) is 21.3. The summed E-state index contributed by atoms with van der Waals surface area (Å²) in [5.74, 6) is 0.274. The molecule has 0 radical (unpaired) electrons. The van der Waals surface area contributed by atoms with Crippen molar-refractivity contribution in [3.63, 3.8) is 0 Å². The minimum Gasteiger partial charge on any atom is -0.456 e. The number of nitro benzene ring substituents is 1. The normalized spacial score (nSPS) is 11.5. The van der Waals surface area contributed by atoms with E-state index in [0.717, 1.165) is 6.26 Å². The van der Waals surface area contributed by atoms with Crippen molar-refractivity contribution in [3.8, 4) is 11.3 Å². The molecule has 8 nitrogen and oxygen atoms in total. The number of benzene rings is 2. The van der Waals surface area contributed by atoms with E-state index in [1.807, 2.05) is 0 Å². The third-order valence-corrected chi connectivity index (χ3v) is 4.76. The van der Waals surface area contributed by atoms with Crippen molar-refractivity contribution in [2.45, 2.75) is 0 Å². The molecular weight excluding hydrogens is 432 g/mol. The van der Waals surface area contributed by atoms with E-state index >= 15 is 0 Å². The third-order valence-electron chi connectivity index (χ3n) is 3.92. The summed E-state index contributed by atoms with van der Waals surface area (Å²) in [6.45, 7) is 0. The first-order valence-electron chi connectivity index (χ1n) is 8.47. The summed E-state index contributed by atoms with van der Waals surface area (Å²) in [4.78, 5) is 23.0. The summed E-state index contributed by atoms with van der Waals surface area (Å²) >= 11 is 5.82. The van der Waals surface area contributed by atoms with Gasteiger partial charge in [0.15, 0.2) is 5.78 Å². The first-order chi connectivity index (χ1) is 14.1. The molecule has 0 atom stereocenters. The lowest BCUT2D eigenvalue weighted by Crippen LogP contribution is -2.09. The summed E-state index contributed by atoms with van der Waals surface area (Å²) in [7, 11) is -3.40. The molecule has 0 unspecified atom stereocenters. The smallest absolute Gasteiger partial charge is 0.281 e. The highest BCUT2D eigenvalue weighted by atomic mass is 35.5. The van der Waals surface area contributed by atoms with Gasteiger partial charge < -0.3 is 4.42 Å². The maximum Gasteiger partial charge on any atom is 0.281 e. The Balaban J connectivity index is 1.76. The molecule has 0 amide bonds. The molecule has 2 aromatic carbocycles. The van der Waals surface area contributed by atoms with Crippen molar-refractivity contribution in [2.24, 2.45) is 0 Å². The molecule has 0 fully saturated rings. The lowest BCUT2D eigenvalue weighted by molar-refractivity contribution is -0.384. The van der Waals surface area contributed by atoms with Gasteiger partial charge in [-0.2, -0.15) is 0 Å². The van der Waals surface area contributed by atoms with Gasteiger partial charge in [0, 0.05) is 22.3 Å². The lowest BCUT2D eigenvalue weighted by atomic mass is 10.1. The molecule has 1 aromatic heterocycles. The number of carbonyl (C=O) groups excluding carboxylic acids is 1. The van der Waals surface area contributed by atoms with Crippen molar-refractivity contribution < 1.29 is 22.6 Å². The van der Waals surface area contributed by atoms with Gasteiger partial charge in [-0.05, 0) is 60.7 Å². The molecule has 10 heteroatoms. The van der Waals surface area contributed by atoms with Gasteiger partial charge in [-0.3, -0.25) is 19.6 Å². The maximum atomic E-state index is 12.3. The first-order valence-corrected chi connectivity index (χ1v) is 10.7. The average Bonchev–Trinajstić information content (AvgIpc) is 3.14. The SMILES string of the molecule is CS(=O)(=O)Nc1ccc(C(=O)/C=C/c2ccc(-c3ccc(Cl)cc3[N+](=O)[O-])o2)cc1. The van der Waals surface area contributed by atoms with Crippen LogP contribution in [-0.4, -0.2) is 25.4 Å². The summed E-state index contributed by atoms with van der Waals surface area (Å²) < 4.78 is 30.3. The second-order valence-electron chi connectivity index (χ2n) is 6.27. The van der Waals surface area contributed by atoms with Crippen molar-refractivity contribution >= 4 is 44.9 Å². The predicted octanol–water partition coefficient (Wildman–Crippen LogP) is 4.78. The molecule has 3 aromatic rings. The zero-order valence-electron chi connectivity index (χ0n) is 15.5. The summed E-state index contributed by atoms with van der Waals surface area (Å²) in [6, 6.07) is 13.3. The molecule has 0 saturated heterocycles. The lowest BCUT2D eigenvalue weighted by Gasteiger charge is -2.03. The van der Waals surface area contributed by atoms with E-state index in [2.05, 4.69) is 4.72 Å². The zero-order chi connectivity index (χ0) is 21.9. The van der Waals surface area contributed by atoms with E-state index in [-0.39, 0.29) is 27.8 Å². The molecular formula is C20H15ClN2O6S. The van der Waals surface area contributed by atoms with Crippen LogP contribution in [-0.2, 0) is 10.0 Å². The van der Waals surface area contributed by atoms with Crippen LogP contribution in [0.4, 0.5) is 11.4 Å². The van der Waals surface area contributed by atoms with Crippen LogP contribution in [0.15, 0.2) is 65.1 Å². The fourth-order valence-corrected chi connectivity index (χ4v) is 3.35. The van der Waals surface area contributed by atoms with Gasteiger partial charge in [0.2, 0.25) is 10.0 Å². The molecule has 154 valence electrons. The predicted molar refractivity (Wildman–Crippen MR) is 114 cm³/mol. The van der Waals surface area contributed by atoms with Crippen LogP contribution in [0.3, 0.4) is 0 Å². The number of sulfonamides is 1. The second kappa shape index (κ2) is 8.52. The highest BCUT2D eigenvalue weighted by molar-refractivity contribution is 7.92. The molecule has 0 saturated carbocycles. The van der Waals surface area contributed by atoms with Gasteiger partial charge in [0.1, 0.15) is 11.5 Å². The quantitative estimate of drug-likeness (QED) is 0.241. The molecule has 1 heterocycles. The van der Waals surface area contributed by atoms with Gasteiger partial charge in [0.05, 0.1) is 16.7 Å². The van der Waals surface area contributed by atoms with Crippen LogP contribution in [0, 0.1) is 10.1 Å². The molecule has 3 rings (SSSR count). The standard InChI is InChI=1S/C20H15ClN2O6S/c1-30(27,28)22-15-5-2-13(3-6-15)19(24)10-7-16-8-11-20(29-16)17-9-4-14(21)12-18(17)23(25)26/h2-12,22H,1H3/b10-7+. The van der Waals surface area contributed by atoms with Crippen LogP contribution in [0.1, 0.15) is 16.1 Å². The Labute approximate surface area is 177 Å². The number of rotatable bonds is 7. The monoisotopic (exact) mass is 446 g/mol. The van der Waals surface area contributed by atoms with Gasteiger partial charge >= 0.3 is 0 Å². The average molecular weight is 447 g/mol. The van der Waals surface area contributed by atoms with Crippen LogP contribution in [0.2, 0.25) is 5.02 Å². The highest BCUT2D eigenvalue weighted by Gasteiger charge is 2.18. The Kier molecular flexibility index (Phi) is 6.04. The Hall–Kier alpha value is -3.43. The van der Waals surface area contributed by atoms with E-state index in [4.69, 9.17) is 16.0 Å². The van der Waals surface area contributed by atoms with E-state index < -0.39 is 14.9 Å². The van der Waals surface area contributed by atoms with Crippen LogP contribution < -0.4 is 4.72 Å². The van der Waals surface area contributed by atoms with Gasteiger partial charge in [-0.25, -0.2) is 8.42 Å². The van der Waals surface area contributed by atoms with Crippen molar-refractivity contribution in [3.05, 3.63) is 87.1 Å². The number of nitrogens with one attached hydrogen (secondary N) is 1. The number of hydrogen-bond donors (Lipinski definition) is 1. The molecule has 0 aliphatic heterocycles. The minimum absolute atomic E-state index is 0.189. The number of hydrogen-bond acceptors (Lipinski definition) is 6. The Morgan fingerprint density at radius 3 is 2.47 bits per heavy atom. The zero-order valence-corrected chi connectivity index (χ0v) is 17.1. The molecule has 0 aliphatic carbocycles. The second-order valence-corrected chi connectivity index (χ2v) is 8.45. The molecule has 0 aliphatic rings. The molecule has 1 N–H and O–H groups in total. The molecule has 0 bridgehead atoms. The van der Waals surface area contributed by atoms with Crippen LogP contribution >= 0.6 is 11.6 Å². The van der Waals surface area contributed by atoms with Crippen molar-refractivity contribution in [1.82, 2.24) is 0 Å². The summed E-state index contributed by atoms with van der Waals surface area (Å²) in [6.07, 6.45) is 3.76. The number of allylic oxidation sites excluding steroid dienone is 1. The number of carbonyl (C=O) groups is 1. The van der Waals surface area contributed by atoms with Crippen molar-refractivity contribution in [2.75, 3.05) is 11.0 Å². The highest BCUT2D eigenvalue weighted by Crippen LogP contribution is 2.33. The van der Waals surface area contributed by atoms with Crippen LogP contribution in [0.25, 0.3) is 17.4 Å². The number of ketones is 1. The largest absolute Gasteiger partial charge is 0.456 e. The maximum absolute atomic E-state index is 12.3.